The molecule has 1 heterocycles. The molecular formula is C23H25N3O2. The number of methoxy groups -OCH3 is 1. The van der Waals surface area contributed by atoms with Crippen LogP contribution in [0, 0.1) is 13.8 Å². The van der Waals surface area contributed by atoms with Crippen LogP contribution < -0.4 is 15.4 Å². The van der Waals surface area contributed by atoms with Crippen molar-refractivity contribution in [3.63, 3.8) is 0 Å². The van der Waals surface area contributed by atoms with Crippen LogP contribution in [0.4, 0.5) is 11.5 Å². The number of para-hydroxylation sites is 1. The van der Waals surface area contributed by atoms with E-state index in [0.717, 1.165) is 41.3 Å². The van der Waals surface area contributed by atoms with Gasteiger partial charge in [0.25, 0.3) is 5.91 Å². The third kappa shape index (κ3) is 4.88. The maximum absolute atomic E-state index is 12.4. The second-order valence-electron chi connectivity index (χ2n) is 6.67. The molecular weight excluding hydrogens is 350 g/mol. The molecule has 0 aliphatic carbocycles. The van der Waals surface area contributed by atoms with Crippen molar-refractivity contribution in [1.82, 2.24) is 4.98 Å². The monoisotopic (exact) mass is 375 g/mol. The Balaban J connectivity index is 1.55. The van der Waals surface area contributed by atoms with Crippen molar-refractivity contribution in [3.8, 4) is 5.75 Å². The molecule has 1 amide bonds. The SMILES string of the molecule is COc1ccccc1CCNc1ccc(C(=O)Nc2ccc(C)c(C)c2)cn1. The number of ether oxygens (including phenoxy) is 1. The molecule has 2 N–H and O–H groups in total. The molecule has 0 radical (unpaired) electrons. The van der Waals surface area contributed by atoms with E-state index in [0.29, 0.717) is 5.56 Å². The maximum Gasteiger partial charge on any atom is 0.257 e. The number of benzene rings is 2. The zero-order valence-electron chi connectivity index (χ0n) is 16.5. The minimum atomic E-state index is -0.170. The highest BCUT2D eigenvalue weighted by molar-refractivity contribution is 6.04. The van der Waals surface area contributed by atoms with Gasteiger partial charge in [-0.3, -0.25) is 4.79 Å². The summed E-state index contributed by atoms with van der Waals surface area (Å²) in [4.78, 5) is 16.7. The first-order valence-electron chi connectivity index (χ1n) is 9.27. The Labute approximate surface area is 165 Å². The Morgan fingerprint density at radius 3 is 2.57 bits per heavy atom. The molecule has 0 aliphatic rings. The Morgan fingerprint density at radius 2 is 1.86 bits per heavy atom. The van der Waals surface area contributed by atoms with Crippen molar-refractivity contribution in [3.05, 3.63) is 83.0 Å². The van der Waals surface area contributed by atoms with Gasteiger partial charge in [-0.2, -0.15) is 0 Å². The number of carbonyl (C=O) groups is 1. The number of anilines is 2. The van der Waals surface area contributed by atoms with Gasteiger partial charge in [-0.05, 0) is 67.3 Å². The Bertz CT molecular complexity index is 952. The summed E-state index contributed by atoms with van der Waals surface area (Å²) in [5, 5.41) is 6.19. The molecule has 0 bridgehead atoms. The van der Waals surface area contributed by atoms with Crippen molar-refractivity contribution in [2.45, 2.75) is 20.3 Å². The number of pyridine rings is 1. The molecule has 28 heavy (non-hydrogen) atoms. The number of hydrogen-bond donors (Lipinski definition) is 2. The third-order valence-corrected chi connectivity index (χ3v) is 4.68. The minimum absolute atomic E-state index is 0.170. The number of rotatable bonds is 7. The molecule has 0 fully saturated rings. The Morgan fingerprint density at radius 1 is 1.04 bits per heavy atom. The standard InChI is InChI=1S/C23H25N3O2/c1-16-8-10-20(14-17(16)2)26-23(27)19-9-11-22(25-15-19)24-13-12-18-6-4-5-7-21(18)28-3/h4-11,14-15H,12-13H2,1-3H3,(H,24,25)(H,26,27). The summed E-state index contributed by atoms with van der Waals surface area (Å²) in [5.41, 5.74) is 4.79. The molecule has 5 heteroatoms. The lowest BCUT2D eigenvalue weighted by Crippen LogP contribution is -2.13. The Kier molecular flexibility index (Phi) is 6.27. The average molecular weight is 375 g/mol. The van der Waals surface area contributed by atoms with Gasteiger partial charge in [-0.1, -0.05) is 24.3 Å². The van der Waals surface area contributed by atoms with E-state index >= 15 is 0 Å². The van der Waals surface area contributed by atoms with Crippen molar-refractivity contribution < 1.29 is 9.53 Å². The van der Waals surface area contributed by atoms with E-state index < -0.39 is 0 Å². The van der Waals surface area contributed by atoms with Crippen LogP contribution in [0.3, 0.4) is 0 Å². The summed E-state index contributed by atoms with van der Waals surface area (Å²) in [7, 11) is 1.68. The van der Waals surface area contributed by atoms with Gasteiger partial charge in [0.1, 0.15) is 11.6 Å². The van der Waals surface area contributed by atoms with Gasteiger partial charge in [0.15, 0.2) is 0 Å². The van der Waals surface area contributed by atoms with Crippen molar-refractivity contribution in [1.29, 1.82) is 0 Å². The lowest BCUT2D eigenvalue weighted by Gasteiger charge is -2.10. The van der Waals surface area contributed by atoms with Crippen LogP contribution in [0.5, 0.6) is 5.75 Å². The van der Waals surface area contributed by atoms with Gasteiger partial charge in [0, 0.05) is 18.4 Å². The van der Waals surface area contributed by atoms with Gasteiger partial charge in [-0.15, -0.1) is 0 Å². The third-order valence-electron chi connectivity index (χ3n) is 4.68. The van der Waals surface area contributed by atoms with E-state index in [1.54, 1.807) is 19.4 Å². The van der Waals surface area contributed by atoms with Gasteiger partial charge in [0.05, 0.1) is 12.7 Å². The van der Waals surface area contributed by atoms with Crippen LogP contribution >= 0.6 is 0 Å². The van der Waals surface area contributed by atoms with Crippen LogP contribution in [0.25, 0.3) is 0 Å². The van der Waals surface area contributed by atoms with Crippen LogP contribution in [0.2, 0.25) is 0 Å². The number of nitrogens with one attached hydrogen (secondary N) is 2. The van der Waals surface area contributed by atoms with E-state index in [1.165, 1.54) is 5.56 Å². The lowest BCUT2D eigenvalue weighted by atomic mass is 10.1. The van der Waals surface area contributed by atoms with Gasteiger partial charge >= 0.3 is 0 Å². The topological polar surface area (TPSA) is 63.2 Å². The first kappa shape index (κ1) is 19.4. The zero-order valence-corrected chi connectivity index (χ0v) is 16.5. The number of amides is 1. The molecule has 0 aliphatic heterocycles. The number of aromatic nitrogens is 1. The van der Waals surface area contributed by atoms with Gasteiger partial charge in [0.2, 0.25) is 0 Å². The number of aryl methyl sites for hydroxylation is 2. The normalized spacial score (nSPS) is 10.4. The van der Waals surface area contributed by atoms with E-state index in [1.807, 2.05) is 62.4 Å². The van der Waals surface area contributed by atoms with Crippen LogP contribution in [-0.2, 0) is 6.42 Å². The highest BCUT2D eigenvalue weighted by atomic mass is 16.5. The first-order valence-corrected chi connectivity index (χ1v) is 9.27. The molecule has 1 aromatic heterocycles. The van der Waals surface area contributed by atoms with Crippen LogP contribution in [0.1, 0.15) is 27.0 Å². The van der Waals surface area contributed by atoms with Crippen LogP contribution in [0.15, 0.2) is 60.8 Å². The fourth-order valence-electron chi connectivity index (χ4n) is 2.89. The highest BCUT2D eigenvalue weighted by Crippen LogP contribution is 2.18. The molecule has 144 valence electrons. The molecule has 2 aromatic carbocycles. The second kappa shape index (κ2) is 9.04. The molecule has 0 spiro atoms. The minimum Gasteiger partial charge on any atom is -0.496 e. The second-order valence-corrected chi connectivity index (χ2v) is 6.67. The summed E-state index contributed by atoms with van der Waals surface area (Å²) in [6.07, 6.45) is 2.41. The summed E-state index contributed by atoms with van der Waals surface area (Å²) >= 11 is 0. The lowest BCUT2D eigenvalue weighted by molar-refractivity contribution is 0.102. The summed E-state index contributed by atoms with van der Waals surface area (Å²) in [6, 6.07) is 17.4. The summed E-state index contributed by atoms with van der Waals surface area (Å²) in [6.45, 7) is 4.80. The molecule has 0 saturated carbocycles. The van der Waals surface area contributed by atoms with Crippen LogP contribution in [-0.4, -0.2) is 24.5 Å². The molecule has 0 saturated heterocycles. The van der Waals surface area contributed by atoms with E-state index in [2.05, 4.69) is 15.6 Å². The zero-order chi connectivity index (χ0) is 19.9. The van der Waals surface area contributed by atoms with Crippen molar-refractivity contribution in [2.24, 2.45) is 0 Å². The van der Waals surface area contributed by atoms with Crippen molar-refractivity contribution >= 4 is 17.4 Å². The van der Waals surface area contributed by atoms with Gasteiger partial charge < -0.3 is 15.4 Å². The van der Waals surface area contributed by atoms with E-state index in [9.17, 15) is 4.79 Å². The summed E-state index contributed by atoms with van der Waals surface area (Å²) in [5.74, 6) is 1.45. The molecule has 0 unspecified atom stereocenters. The molecule has 3 aromatic rings. The highest BCUT2D eigenvalue weighted by Gasteiger charge is 2.08. The summed E-state index contributed by atoms with van der Waals surface area (Å²) < 4.78 is 5.36. The number of nitrogens with zero attached hydrogens (tertiary/aromatic N) is 1. The average Bonchev–Trinajstić information content (AvgIpc) is 2.71. The maximum atomic E-state index is 12.4. The number of carbonyl (C=O) groups excluding carboxylic acids is 1. The first-order chi connectivity index (χ1) is 13.6. The van der Waals surface area contributed by atoms with Gasteiger partial charge in [-0.25, -0.2) is 4.98 Å². The number of hydrogen-bond acceptors (Lipinski definition) is 4. The molecule has 0 atom stereocenters. The largest absolute Gasteiger partial charge is 0.496 e. The fourth-order valence-corrected chi connectivity index (χ4v) is 2.89. The smallest absolute Gasteiger partial charge is 0.257 e. The fraction of sp³-hybridized carbons (Fsp3) is 0.217. The quantitative estimate of drug-likeness (QED) is 0.633. The molecule has 3 rings (SSSR count). The Hall–Kier alpha value is -3.34. The van der Waals surface area contributed by atoms with E-state index in [-0.39, 0.29) is 5.91 Å². The van der Waals surface area contributed by atoms with Crippen molar-refractivity contribution in [2.75, 3.05) is 24.3 Å². The predicted molar refractivity (Wildman–Crippen MR) is 113 cm³/mol. The predicted octanol–water partition coefficient (Wildman–Crippen LogP) is 4.61. The molecule has 5 nitrogen and oxygen atoms in total. The van der Waals surface area contributed by atoms with E-state index in [4.69, 9.17) is 4.74 Å².